The maximum absolute atomic E-state index is 12.5. The summed E-state index contributed by atoms with van der Waals surface area (Å²) in [4.78, 5) is 12.5. The number of hydrogen-bond acceptors (Lipinski definition) is 8. The maximum Gasteiger partial charge on any atom is 0.217 e. The number of nitrogens with one attached hydrogen (secondary N) is 1. The Hall–Kier alpha value is -2.45. The lowest BCUT2D eigenvalue weighted by atomic mass is 10.00. The largest absolute Gasteiger partial charge is 0.496 e. The van der Waals surface area contributed by atoms with Crippen molar-refractivity contribution in [2.24, 2.45) is 17.2 Å². The molecule has 0 saturated carbocycles. The molecule has 138 valence electrons. The number of nitrogens with two attached hydrogens (primary N) is 3. The molecule has 0 saturated heterocycles. The van der Waals surface area contributed by atoms with E-state index >= 15 is 0 Å². The van der Waals surface area contributed by atoms with Gasteiger partial charge >= 0.3 is 0 Å². The molecular weight excluding hydrogens is 324 g/mol. The predicted octanol–water partition coefficient (Wildman–Crippen LogP) is -0.263. The van der Waals surface area contributed by atoms with Crippen molar-refractivity contribution in [3.8, 4) is 0 Å². The maximum atomic E-state index is 12.5. The van der Waals surface area contributed by atoms with Crippen molar-refractivity contribution in [2.45, 2.75) is 31.5 Å². The van der Waals surface area contributed by atoms with Crippen LogP contribution in [0.2, 0.25) is 0 Å². The molecule has 3 atom stereocenters. The summed E-state index contributed by atoms with van der Waals surface area (Å²) < 4.78 is 16.5. The van der Waals surface area contributed by atoms with Crippen molar-refractivity contribution in [2.75, 3.05) is 20.8 Å². The van der Waals surface area contributed by atoms with Gasteiger partial charge in [0.05, 0.1) is 25.0 Å². The van der Waals surface area contributed by atoms with E-state index in [2.05, 4.69) is 5.32 Å². The highest BCUT2D eigenvalue weighted by Crippen LogP contribution is 2.23. The van der Waals surface area contributed by atoms with Crippen LogP contribution in [-0.4, -0.2) is 44.7 Å². The van der Waals surface area contributed by atoms with E-state index in [1.165, 1.54) is 13.4 Å². The molecular formula is C17H26N4O4. The zero-order chi connectivity index (χ0) is 18.6. The minimum absolute atomic E-state index is 0.186. The highest BCUT2D eigenvalue weighted by molar-refractivity contribution is 6.12. The predicted molar refractivity (Wildman–Crippen MR) is 93.6 cm³/mol. The Morgan fingerprint density at radius 2 is 2.24 bits per heavy atom. The van der Waals surface area contributed by atoms with Gasteiger partial charge in [0.1, 0.15) is 29.9 Å². The normalized spacial score (nSPS) is 26.6. The van der Waals surface area contributed by atoms with Crippen LogP contribution < -0.4 is 22.5 Å². The van der Waals surface area contributed by atoms with Gasteiger partial charge in [0.25, 0.3) is 0 Å². The van der Waals surface area contributed by atoms with Crippen molar-refractivity contribution >= 4 is 5.78 Å². The highest BCUT2D eigenvalue weighted by atomic mass is 16.5. The van der Waals surface area contributed by atoms with Crippen LogP contribution in [0.5, 0.6) is 0 Å². The van der Waals surface area contributed by atoms with Gasteiger partial charge in [-0.2, -0.15) is 0 Å². The first kappa shape index (κ1) is 18.9. The number of carbonyl (C=O) groups excluding carboxylic acids is 1. The molecule has 0 aromatic rings. The molecule has 25 heavy (non-hydrogen) atoms. The Balaban J connectivity index is 2.05. The third-order valence-electron chi connectivity index (χ3n) is 4.05. The van der Waals surface area contributed by atoms with Gasteiger partial charge in [-0.3, -0.25) is 4.79 Å². The molecule has 0 amide bonds. The molecule has 7 N–H and O–H groups in total. The lowest BCUT2D eigenvalue weighted by molar-refractivity contribution is -0.112. The number of ketones is 1. The lowest BCUT2D eigenvalue weighted by Crippen LogP contribution is -2.43. The zero-order valence-electron chi connectivity index (χ0n) is 14.7. The van der Waals surface area contributed by atoms with Gasteiger partial charge in [-0.05, 0) is 19.4 Å². The first-order chi connectivity index (χ1) is 11.9. The fraction of sp³-hybridized carbons (Fsp3) is 0.471. The van der Waals surface area contributed by atoms with Crippen LogP contribution >= 0.6 is 0 Å². The van der Waals surface area contributed by atoms with Crippen molar-refractivity contribution in [1.29, 1.82) is 0 Å². The summed E-state index contributed by atoms with van der Waals surface area (Å²) in [6, 6.07) is -0.411. The van der Waals surface area contributed by atoms with E-state index in [0.29, 0.717) is 23.6 Å². The van der Waals surface area contributed by atoms with E-state index in [1.807, 2.05) is 13.0 Å². The number of hydrogen-bond donors (Lipinski definition) is 4. The minimum Gasteiger partial charge on any atom is -0.496 e. The monoisotopic (exact) mass is 350 g/mol. The number of ether oxygens (including phenoxy) is 3. The molecule has 0 spiro atoms. The van der Waals surface area contributed by atoms with Crippen molar-refractivity contribution < 1.29 is 19.0 Å². The summed E-state index contributed by atoms with van der Waals surface area (Å²) in [5, 5.41) is 2.81. The van der Waals surface area contributed by atoms with Crippen LogP contribution in [0.3, 0.4) is 0 Å². The average molecular weight is 350 g/mol. The first-order valence-electron chi connectivity index (χ1n) is 8.06. The molecule has 1 aliphatic carbocycles. The summed E-state index contributed by atoms with van der Waals surface area (Å²) in [7, 11) is 3.11. The van der Waals surface area contributed by atoms with Crippen molar-refractivity contribution in [3.05, 3.63) is 46.9 Å². The highest BCUT2D eigenvalue weighted by Gasteiger charge is 2.28. The lowest BCUT2D eigenvalue weighted by Gasteiger charge is -2.30. The number of carbonyl (C=O) groups is 1. The molecule has 8 nitrogen and oxygen atoms in total. The zero-order valence-corrected chi connectivity index (χ0v) is 14.7. The fourth-order valence-electron chi connectivity index (χ4n) is 2.58. The first-order valence-corrected chi connectivity index (χ1v) is 8.06. The van der Waals surface area contributed by atoms with Crippen LogP contribution in [0.15, 0.2) is 46.9 Å². The van der Waals surface area contributed by atoms with E-state index in [0.717, 1.165) is 0 Å². The Morgan fingerprint density at radius 3 is 2.84 bits per heavy atom. The second kappa shape index (κ2) is 8.09. The van der Waals surface area contributed by atoms with Crippen molar-refractivity contribution in [1.82, 2.24) is 5.32 Å². The topological polar surface area (TPSA) is 135 Å². The van der Waals surface area contributed by atoms with Crippen LogP contribution in [0, 0.1) is 0 Å². The van der Waals surface area contributed by atoms with Gasteiger partial charge in [0.15, 0.2) is 0 Å². The third kappa shape index (κ3) is 4.15. The van der Waals surface area contributed by atoms with E-state index < -0.39 is 0 Å². The Labute approximate surface area is 147 Å². The molecule has 1 aliphatic heterocycles. The van der Waals surface area contributed by atoms with E-state index in [-0.39, 0.29) is 41.8 Å². The summed E-state index contributed by atoms with van der Waals surface area (Å²) in [5.41, 5.74) is 18.6. The fourth-order valence-corrected chi connectivity index (χ4v) is 2.58. The number of Topliss-reactive ketones (excluding diaryl/α,β-unsaturated/α-hetero) is 1. The summed E-state index contributed by atoms with van der Waals surface area (Å²) in [6.45, 7) is 2.03. The molecule has 2 aliphatic rings. The van der Waals surface area contributed by atoms with E-state index in [4.69, 9.17) is 31.4 Å². The van der Waals surface area contributed by atoms with Gasteiger partial charge < -0.3 is 36.7 Å². The average Bonchev–Trinajstić information content (AvgIpc) is 2.58. The second-order valence-corrected chi connectivity index (χ2v) is 5.94. The van der Waals surface area contributed by atoms with E-state index in [1.54, 1.807) is 13.1 Å². The minimum atomic E-state index is -0.347. The number of likely N-dealkylation sites (N-methyl/N-ethyl adjacent to an activating group) is 1. The Kier molecular flexibility index (Phi) is 6.11. The Morgan fingerprint density at radius 1 is 1.52 bits per heavy atom. The molecule has 0 bridgehead atoms. The quantitative estimate of drug-likeness (QED) is 0.380. The summed E-state index contributed by atoms with van der Waals surface area (Å²) >= 11 is 0. The molecule has 0 aromatic carbocycles. The van der Waals surface area contributed by atoms with Crippen molar-refractivity contribution in [3.63, 3.8) is 0 Å². The Bertz CT molecular complexity index is 649. The third-order valence-corrected chi connectivity index (χ3v) is 4.05. The molecule has 3 unspecified atom stereocenters. The molecule has 8 heteroatoms. The number of allylic oxidation sites excluding steroid dienone is 3. The molecule has 0 fully saturated rings. The van der Waals surface area contributed by atoms with Crippen LogP contribution in [-0.2, 0) is 19.0 Å². The van der Waals surface area contributed by atoms with Crippen LogP contribution in [0.25, 0.3) is 0 Å². The smallest absolute Gasteiger partial charge is 0.217 e. The van der Waals surface area contributed by atoms with E-state index in [9.17, 15) is 4.79 Å². The molecule has 0 radical (unpaired) electrons. The van der Waals surface area contributed by atoms with Gasteiger partial charge in [0, 0.05) is 24.9 Å². The van der Waals surface area contributed by atoms with Crippen LogP contribution in [0.4, 0.5) is 0 Å². The standard InChI is InChI=1S/C17H26N4O4/c1-9(18)13-5-4-11(19)15(25-13)8-24-7-10-12(20)6-14(23-3)16(21-2)17(10)22/h5-7,9,11,15,21H,4,8,18-20H2,1-3H3/b10-7+. The van der Waals surface area contributed by atoms with Gasteiger partial charge in [-0.25, -0.2) is 0 Å². The summed E-state index contributed by atoms with van der Waals surface area (Å²) in [6.07, 6.45) is 5.11. The van der Waals surface area contributed by atoms with Gasteiger partial charge in [0.2, 0.25) is 5.78 Å². The molecule has 2 rings (SSSR count). The van der Waals surface area contributed by atoms with Crippen LogP contribution in [0.1, 0.15) is 13.3 Å². The number of rotatable bonds is 6. The second-order valence-electron chi connectivity index (χ2n) is 5.94. The number of methoxy groups -OCH3 is 1. The van der Waals surface area contributed by atoms with Gasteiger partial charge in [-0.1, -0.05) is 0 Å². The van der Waals surface area contributed by atoms with Gasteiger partial charge in [-0.15, -0.1) is 0 Å². The molecule has 1 heterocycles. The molecule has 0 aromatic heterocycles. The summed E-state index contributed by atoms with van der Waals surface area (Å²) in [5.74, 6) is 0.775. The SMILES string of the molecule is CNC1=C(OC)C=C(N)/C(=C\OCC2OC(C(C)N)=CCC2N)C1=O.